The van der Waals surface area contributed by atoms with Crippen LogP contribution in [0.15, 0.2) is 11.6 Å². The number of ketones is 1. The monoisotopic (exact) mass is 510 g/mol. The van der Waals surface area contributed by atoms with Crippen molar-refractivity contribution in [3.8, 4) is 0 Å². The van der Waals surface area contributed by atoms with Gasteiger partial charge in [-0.25, -0.2) is 0 Å². The van der Waals surface area contributed by atoms with Crippen molar-refractivity contribution in [1.29, 1.82) is 0 Å². The quantitative estimate of drug-likeness (QED) is 0.289. The van der Waals surface area contributed by atoms with Gasteiger partial charge in [-0.2, -0.15) is 0 Å². The van der Waals surface area contributed by atoms with Gasteiger partial charge < -0.3 is 35.7 Å². The summed E-state index contributed by atoms with van der Waals surface area (Å²) in [6, 6.07) is 0. The Labute approximate surface area is 214 Å². The standard InChI is InChI=1S/C28H46O8/c1-14(24(2,3)34)9-22(33)27(6,35)21-7-8-28(36)16-11-17(29)15-10-18(30)19(31)12-25(15,4)23(16)20(32)13-26(21,28)5/h11,14-15,18-23,30-36H,7-10,12-13H2,1-6H3/t14-,15-,18-,19+,20-,21-,22+,23+,25-,26+,27+,28+/m0/s1. The van der Waals surface area contributed by atoms with E-state index in [2.05, 4.69) is 0 Å². The Bertz CT molecular complexity index is 923. The van der Waals surface area contributed by atoms with Gasteiger partial charge in [-0.3, -0.25) is 4.79 Å². The smallest absolute Gasteiger partial charge is 0.159 e. The fourth-order valence-corrected chi connectivity index (χ4v) is 8.52. The van der Waals surface area contributed by atoms with Gasteiger partial charge in [0, 0.05) is 17.3 Å². The van der Waals surface area contributed by atoms with Gasteiger partial charge in [-0.1, -0.05) is 20.8 Å². The zero-order chi connectivity index (χ0) is 27.2. The molecule has 3 fully saturated rings. The van der Waals surface area contributed by atoms with Crippen LogP contribution >= 0.6 is 0 Å². The van der Waals surface area contributed by atoms with E-state index in [9.17, 15) is 40.5 Å². The summed E-state index contributed by atoms with van der Waals surface area (Å²) in [5.74, 6) is -2.21. The van der Waals surface area contributed by atoms with Gasteiger partial charge in [0.2, 0.25) is 0 Å². The van der Waals surface area contributed by atoms with E-state index in [1.807, 2.05) is 20.8 Å². The molecule has 4 aliphatic carbocycles. The van der Waals surface area contributed by atoms with E-state index in [0.29, 0.717) is 12.0 Å². The molecule has 0 unspecified atom stereocenters. The highest BCUT2D eigenvalue weighted by molar-refractivity contribution is 5.95. The van der Waals surface area contributed by atoms with Crippen molar-refractivity contribution in [3.63, 3.8) is 0 Å². The van der Waals surface area contributed by atoms with Crippen LogP contribution < -0.4 is 0 Å². The third-order valence-electron chi connectivity index (χ3n) is 11.2. The summed E-state index contributed by atoms with van der Waals surface area (Å²) >= 11 is 0. The maximum atomic E-state index is 13.3. The molecule has 0 aliphatic heterocycles. The summed E-state index contributed by atoms with van der Waals surface area (Å²) < 4.78 is 0. The average molecular weight is 511 g/mol. The number of aliphatic hydroxyl groups excluding tert-OH is 4. The molecule has 0 amide bonds. The van der Waals surface area contributed by atoms with Crippen LogP contribution in [0.5, 0.6) is 0 Å². The third kappa shape index (κ3) is 3.86. The Morgan fingerprint density at radius 1 is 1.06 bits per heavy atom. The Morgan fingerprint density at radius 3 is 2.25 bits per heavy atom. The van der Waals surface area contributed by atoms with Crippen molar-refractivity contribution in [2.45, 2.75) is 121 Å². The largest absolute Gasteiger partial charge is 0.392 e. The highest BCUT2D eigenvalue weighted by Crippen LogP contribution is 2.68. The minimum atomic E-state index is -1.61. The van der Waals surface area contributed by atoms with Crippen LogP contribution in [0.25, 0.3) is 0 Å². The minimum absolute atomic E-state index is 0.113. The van der Waals surface area contributed by atoms with E-state index >= 15 is 0 Å². The number of rotatable bonds is 5. The molecule has 36 heavy (non-hydrogen) atoms. The molecule has 0 aromatic rings. The summed E-state index contributed by atoms with van der Waals surface area (Å²) in [4.78, 5) is 13.3. The molecule has 3 saturated carbocycles. The van der Waals surface area contributed by atoms with Crippen LogP contribution in [0.1, 0.15) is 80.1 Å². The lowest BCUT2D eigenvalue weighted by molar-refractivity contribution is -0.198. The van der Waals surface area contributed by atoms with E-state index in [1.54, 1.807) is 20.8 Å². The zero-order valence-corrected chi connectivity index (χ0v) is 22.5. The van der Waals surface area contributed by atoms with Crippen molar-refractivity contribution in [2.75, 3.05) is 0 Å². The van der Waals surface area contributed by atoms with Crippen molar-refractivity contribution < 1.29 is 40.5 Å². The Hall–Kier alpha value is -0.870. The SMILES string of the molecule is C[C@@H](C[C@@H](O)[C@](C)(O)[C@H]1CC[C@@]2(O)C3=CC(=O)[C@@H]4C[C@H](O)[C@H](O)C[C@]4(C)[C@H]3[C@@H](O)C[C@]12C)C(C)(C)O. The first-order chi connectivity index (χ1) is 16.3. The first-order valence-corrected chi connectivity index (χ1v) is 13.5. The van der Waals surface area contributed by atoms with Crippen molar-refractivity contribution in [2.24, 2.45) is 34.5 Å². The molecule has 8 nitrogen and oxygen atoms in total. The minimum Gasteiger partial charge on any atom is -0.392 e. The second-order valence-electron chi connectivity index (χ2n) is 13.8. The third-order valence-corrected chi connectivity index (χ3v) is 11.2. The van der Waals surface area contributed by atoms with Crippen molar-refractivity contribution in [1.82, 2.24) is 0 Å². The Kier molecular flexibility index (Phi) is 6.70. The van der Waals surface area contributed by atoms with Crippen LogP contribution in [0.2, 0.25) is 0 Å². The van der Waals surface area contributed by atoms with Crippen molar-refractivity contribution >= 4 is 5.78 Å². The molecular weight excluding hydrogens is 464 g/mol. The Morgan fingerprint density at radius 2 is 1.67 bits per heavy atom. The fraction of sp³-hybridized carbons (Fsp3) is 0.893. The molecule has 0 radical (unpaired) electrons. The van der Waals surface area contributed by atoms with Gasteiger partial charge in [0.15, 0.2) is 5.78 Å². The van der Waals surface area contributed by atoms with Crippen LogP contribution in [-0.2, 0) is 4.79 Å². The van der Waals surface area contributed by atoms with E-state index in [-0.39, 0.29) is 43.8 Å². The second kappa shape index (κ2) is 8.57. The molecule has 0 aromatic heterocycles. The lowest BCUT2D eigenvalue weighted by atomic mass is 9.44. The maximum Gasteiger partial charge on any atom is 0.159 e. The molecule has 8 heteroatoms. The second-order valence-corrected chi connectivity index (χ2v) is 13.8. The molecule has 7 N–H and O–H groups in total. The number of hydrogen-bond acceptors (Lipinski definition) is 8. The van der Waals surface area contributed by atoms with Crippen molar-refractivity contribution in [3.05, 3.63) is 11.6 Å². The first kappa shape index (κ1) is 28.1. The van der Waals surface area contributed by atoms with Gasteiger partial charge in [-0.15, -0.1) is 0 Å². The lowest BCUT2D eigenvalue weighted by Crippen LogP contribution is -2.66. The van der Waals surface area contributed by atoms with Crippen LogP contribution in [0.3, 0.4) is 0 Å². The van der Waals surface area contributed by atoms with Gasteiger partial charge in [0.1, 0.15) is 0 Å². The summed E-state index contributed by atoms with van der Waals surface area (Å²) in [5.41, 5.74) is -5.51. The molecular formula is C28H46O8. The maximum absolute atomic E-state index is 13.3. The van der Waals surface area contributed by atoms with Crippen LogP contribution in [0, 0.1) is 34.5 Å². The Balaban J connectivity index is 1.71. The summed E-state index contributed by atoms with van der Waals surface area (Å²) in [5, 5.41) is 77.7. The van der Waals surface area contributed by atoms with Gasteiger partial charge in [0.05, 0.1) is 41.2 Å². The lowest BCUT2D eigenvalue weighted by Gasteiger charge is -2.62. The van der Waals surface area contributed by atoms with Gasteiger partial charge in [0.25, 0.3) is 0 Å². The van der Waals surface area contributed by atoms with E-state index < -0.39 is 69.8 Å². The molecule has 4 aliphatic rings. The molecule has 0 heterocycles. The van der Waals surface area contributed by atoms with E-state index in [4.69, 9.17) is 0 Å². The van der Waals surface area contributed by atoms with E-state index in [0.717, 1.165) is 0 Å². The van der Waals surface area contributed by atoms with Crippen LogP contribution in [-0.4, -0.2) is 82.7 Å². The van der Waals surface area contributed by atoms with Gasteiger partial charge in [-0.05, 0) is 88.2 Å². The van der Waals surface area contributed by atoms with Gasteiger partial charge >= 0.3 is 0 Å². The highest BCUT2D eigenvalue weighted by atomic mass is 16.3. The summed E-state index contributed by atoms with van der Waals surface area (Å²) in [7, 11) is 0. The number of carbonyl (C=O) groups excluding carboxylic acids is 1. The zero-order valence-electron chi connectivity index (χ0n) is 22.5. The molecule has 0 aromatic carbocycles. The normalized spacial score (nSPS) is 48.2. The fourth-order valence-electron chi connectivity index (χ4n) is 8.52. The van der Waals surface area contributed by atoms with E-state index in [1.165, 1.54) is 6.08 Å². The molecule has 0 saturated heterocycles. The van der Waals surface area contributed by atoms with Crippen LogP contribution in [0.4, 0.5) is 0 Å². The number of fused-ring (bicyclic) bond motifs is 5. The number of carbonyl (C=O) groups is 1. The number of allylic oxidation sites excluding steroid dienone is 1. The predicted molar refractivity (Wildman–Crippen MR) is 133 cm³/mol. The number of hydrogen-bond donors (Lipinski definition) is 7. The first-order valence-electron chi connectivity index (χ1n) is 13.5. The average Bonchev–Trinajstić information content (AvgIpc) is 3.01. The molecule has 206 valence electrons. The molecule has 0 spiro atoms. The highest BCUT2D eigenvalue weighted by Gasteiger charge is 2.71. The molecule has 12 atom stereocenters. The number of aliphatic hydroxyl groups is 7. The topological polar surface area (TPSA) is 159 Å². The summed E-state index contributed by atoms with van der Waals surface area (Å²) in [6.07, 6.45) is -1.44. The summed E-state index contributed by atoms with van der Waals surface area (Å²) in [6.45, 7) is 10.4. The molecule has 4 rings (SSSR count). The molecule has 0 bridgehead atoms. The predicted octanol–water partition coefficient (Wildman–Crippen LogP) is 1.07.